The Morgan fingerprint density at radius 3 is 2.86 bits per heavy atom. The first kappa shape index (κ1) is 8.58. The van der Waals surface area contributed by atoms with Gasteiger partial charge >= 0.3 is 0 Å². The van der Waals surface area contributed by atoms with Gasteiger partial charge in [0.1, 0.15) is 0 Å². The SMILES string of the molecule is Cc1c(/C=C/C#N)[nH]c2ccccc12. The molecule has 0 aliphatic rings. The molecule has 68 valence electrons. The van der Waals surface area contributed by atoms with Gasteiger partial charge in [-0.15, -0.1) is 0 Å². The lowest BCUT2D eigenvalue weighted by Gasteiger charge is -1.89. The minimum atomic E-state index is 1.01. The van der Waals surface area contributed by atoms with Gasteiger partial charge in [0.25, 0.3) is 0 Å². The van der Waals surface area contributed by atoms with E-state index in [1.165, 1.54) is 17.0 Å². The summed E-state index contributed by atoms with van der Waals surface area (Å²) in [4.78, 5) is 3.26. The van der Waals surface area contributed by atoms with Crippen LogP contribution in [0.1, 0.15) is 11.3 Å². The summed E-state index contributed by atoms with van der Waals surface area (Å²) in [7, 11) is 0. The molecule has 1 aromatic heterocycles. The number of hydrogen-bond acceptors (Lipinski definition) is 1. The molecule has 2 aromatic rings. The first-order chi connectivity index (χ1) is 6.83. The van der Waals surface area contributed by atoms with E-state index in [1.54, 1.807) is 6.08 Å². The zero-order valence-electron chi connectivity index (χ0n) is 7.91. The Morgan fingerprint density at radius 2 is 2.14 bits per heavy atom. The summed E-state index contributed by atoms with van der Waals surface area (Å²) in [6, 6.07) is 10.1. The number of nitriles is 1. The van der Waals surface area contributed by atoms with Crippen LogP contribution in [0, 0.1) is 18.3 Å². The predicted octanol–water partition coefficient (Wildman–Crippen LogP) is 3.01. The normalized spacial score (nSPS) is 10.9. The number of rotatable bonds is 1. The average Bonchev–Trinajstić information content (AvgIpc) is 2.54. The summed E-state index contributed by atoms with van der Waals surface area (Å²) in [5, 5.41) is 9.66. The number of allylic oxidation sites excluding steroid dienone is 1. The summed E-state index contributed by atoms with van der Waals surface area (Å²) < 4.78 is 0. The molecule has 0 spiro atoms. The van der Waals surface area contributed by atoms with Gasteiger partial charge in [-0.25, -0.2) is 0 Å². The topological polar surface area (TPSA) is 39.6 Å². The third kappa shape index (κ3) is 1.29. The zero-order valence-corrected chi connectivity index (χ0v) is 7.91. The Kier molecular flexibility index (Phi) is 2.08. The van der Waals surface area contributed by atoms with Crippen LogP contribution in [-0.4, -0.2) is 4.98 Å². The first-order valence-electron chi connectivity index (χ1n) is 4.46. The molecule has 0 atom stereocenters. The quantitative estimate of drug-likeness (QED) is 0.676. The number of H-pyrrole nitrogens is 1. The van der Waals surface area contributed by atoms with Gasteiger partial charge in [-0.05, 0) is 24.6 Å². The number of benzene rings is 1. The summed E-state index contributed by atoms with van der Waals surface area (Å²) in [6.07, 6.45) is 3.28. The predicted molar refractivity (Wildman–Crippen MR) is 57.7 cm³/mol. The molecule has 0 unspecified atom stereocenters. The van der Waals surface area contributed by atoms with Crippen molar-refractivity contribution in [2.45, 2.75) is 6.92 Å². The first-order valence-corrected chi connectivity index (χ1v) is 4.46. The number of aromatic nitrogens is 1. The highest BCUT2D eigenvalue weighted by Gasteiger charge is 2.02. The van der Waals surface area contributed by atoms with Crippen LogP contribution in [-0.2, 0) is 0 Å². The fourth-order valence-electron chi connectivity index (χ4n) is 1.59. The molecule has 0 aliphatic heterocycles. The van der Waals surface area contributed by atoms with Gasteiger partial charge in [0.2, 0.25) is 0 Å². The maximum atomic E-state index is 8.44. The van der Waals surface area contributed by atoms with E-state index in [-0.39, 0.29) is 0 Å². The standard InChI is InChI=1S/C12H10N2/c1-9-10-5-2-3-6-12(10)14-11(9)7-4-8-13/h2-7,14H,1H3/b7-4+. The molecule has 2 nitrogen and oxygen atoms in total. The largest absolute Gasteiger partial charge is 0.355 e. The Morgan fingerprint density at radius 1 is 1.36 bits per heavy atom. The van der Waals surface area contributed by atoms with Crippen molar-refractivity contribution in [2.24, 2.45) is 0 Å². The maximum absolute atomic E-state index is 8.44. The molecule has 0 radical (unpaired) electrons. The van der Waals surface area contributed by atoms with Crippen molar-refractivity contribution in [1.29, 1.82) is 5.26 Å². The molecular formula is C12H10N2. The molecule has 14 heavy (non-hydrogen) atoms. The molecule has 1 N–H and O–H groups in total. The minimum absolute atomic E-state index is 1.01. The summed E-state index contributed by atoms with van der Waals surface area (Å²) in [6.45, 7) is 2.05. The van der Waals surface area contributed by atoms with E-state index in [0.717, 1.165) is 11.2 Å². The van der Waals surface area contributed by atoms with E-state index in [1.807, 2.05) is 24.3 Å². The third-order valence-corrected chi connectivity index (χ3v) is 2.33. The van der Waals surface area contributed by atoms with E-state index in [4.69, 9.17) is 5.26 Å². The summed E-state index contributed by atoms with van der Waals surface area (Å²) in [5.74, 6) is 0. The third-order valence-electron chi connectivity index (χ3n) is 2.33. The van der Waals surface area contributed by atoms with Crippen LogP contribution in [0.15, 0.2) is 30.3 Å². The Labute approximate surface area is 82.5 Å². The Balaban J connectivity index is 2.64. The zero-order chi connectivity index (χ0) is 9.97. The number of para-hydroxylation sites is 1. The molecule has 1 heterocycles. The van der Waals surface area contributed by atoms with E-state index < -0.39 is 0 Å². The molecule has 0 aliphatic carbocycles. The number of nitrogens with one attached hydrogen (secondary N) is 1. The molecular weight excluding hydrogens is 172 g/mol. The van der Waals surface area contributed by atoms with Crippen molar-refractivity contribution < 1.29 is 0 Å². The molecule has 0 saturated heterocycles. The van der Waals surface area contributed by atoms with Gasteiger partial charge in [0, 0.05) is 22.7 Å². The highest BCUT2D eigenvalue weighted by molar-refractivity contribution is 5.86. The van der Waals surface area contributed by atoms with Crippen LogP contribution in [0.3, 0.4) is 0 Å². The van der Waals surface area contributed by atoms with Crippen molar-refractivity contribution in [3.8, 4) is 6.07 Å². The van der Waals surface area contributed by atoms with Gasteiger partial charge in [0.15, 0.2) is 0 Å². The van der Waals surface area contributed by atoms with Gasteiger partial charge in [-0.1, -0.05) is 18.2 Å². The molecule has 2 rings (SSSR count). The molecule has 0 saturated carbocycles. The maximum Gasteiger partial charge on any atom is 0.0912 e. The van der Waals surface area contributed by atoms with Crippen LogP contribution in [0.5, 0.6) is 0 Å². The Hall–Kier alpha value is -2.01. The highest BCUT2D eigenvalue weighted by atomic mass is 14.7. The Bertz CT molecular complexity index is 527. The van der Waals surface area contributed by atoms with Crippen molar-refractivity contribution >= 4 is 17.0 Å². The number of aryl methyl sites for hydroxylation is 1. The lowest BCUT2D eigenvalue weighted by Crippen LogP contribution is -1.73. The van der Waals surface area contributed by atoms with Gasteiger partial charge in [0.05, 0.1) is 6.07 Å². The molecule has 2 heteroatoms. The lowest BCUT2D eigenvalue weighted by molar-refractivity contribution is 1.38. The number of aromatic amines is 1. The van der Waals surface area contributed by atoms with Crippen molar-refractivity contribution in [2.75, 3.05) is 0 Å². The molecule has 0 fully saturated rings. The van der Waals surface area contributed by atoms with Crippen molar-refractivity contribution in [1.82, 2.24) is 4.98 Å². The van der Waals surface area contributed by atoms with Gasteiger partial charge in [-0.2, -0.15) is 5.26 Å². The second kappa shape index (κ2) is 3.39. The second-order valence-electron chi connectivity index (χ2n) is 3.17. The number of fused-ring (bicyclic) bond motifs is 1. The smallest absolute Gasteiger partial charge is 0.0912 e. The van der Waals surface area contributed by atoms with Gasteiger partial charge < -0.3 is 4.98 Å². The van der Waals surface area contributed by atoms with Crippen LogP contribution in [0.25, 0.3) is 17.0 Å². The van der Waals surface area contributed by atoms with Crippen LogP contribution < -0.4 is 0 Å². The van der Waals surface area contributed by atoms with E-state index in [9.17, 15) is 0 Å². The lowest BCUT2D eigenvalue weighted by atomic mass is 10.1. The monoisotopic (exact) mass is 182 g/mol. The van der Waals surface area contributed by atoms with Crippen molar-refractivity contribution in [3.63, 3.8) is 0 Å². The average molecular weight is 182 g/mol. The minimum Gasteiger partial charge on any atom is -0.355 e. The number of hydrogen-bond donors (Lipinski definition) is 1. The van der Waals surface area contributed by atoms with Gasteiger partial charge in [-0.3, -0.25) is 0 Å². The second-order valence-corrected chi connectivity index (χ2v) is 3.17. The van der Waals surface area contributed by atoms with Crippen LogP contribution >= 0.6 is 0 Å². The summed E-state index contributed by atoms with van der Waals surface area (Å²) in [5.41, 5.74) is 3.31. The molecule has 1 aromatic carbocycles. The van der Waals surface area contributed by atoms with E-state index in [0.29, 0.717) is 0 Å². The van der Waals surface area contributed by atoms with Crippen LogP contribution in [0.4, 0.5) is 0 Å². The fraction of sp³-hybridized carbons (Fsp3) is 0.0833. The molecule has 0 amide bonds. The van der Waals surface area contributed by atoms with E-state index in [2.05, 4.69) is 18.0 Å². The highest BCUT2D eigenvalue weighted by Crippen LogP contribution is 2.21. The van der Waals surface area contributed by atoms with Crippen LogP contribution in [0.2, 0.25) is 0 Å². The molecule has 0 bridgehead atoms. The summed E-state index contributed by atoms with van der Waals surface area (Å²) >= 11 is 0. The van der Waals surface area contributed by atoms with Crippen molar-refractivity contribution in [3.05, 3.63) is 41.6 Å². The fourth-order valence-corrected chi connectivity index (χ4v) is 1.59. The number of nitrogens with zero attached hydrogens (tertiary/aromatic N) is 1. The van der Waals surface area contributed by atoms with E-state index >= 15 is 0 Å².